The molecule has 20 heavy (non-hydrogen) atoms. The molecule has 1 N–H and O–H groups in total. The number of halogens is 1. The molecule has 1 amide bonds. The maximum atomic E-state index is 12.0. The highest BCUT2D eigenvalue weighted by atomic mass is 35.7. The van der Waals surface area contributed by atoms with Crippen LogP contribution in [0.5, 0.6) is 0 Å². The summed E-state index contributed by atoms with van der Waals surface area (Å²) in [6, 6.07) is 4.31. The van der Waals surface area contributed by atoms with E-state index in [1.54, 1.807) is 20.1 Å². The van der Waals surface area contributed by atoms with Gasteiger partial charge in [-0.3, -0.25) is 4.79 Å². The largest absolute Gasteiger partial charge is 0.384 e. The highest BCUT2D eigenvalue weighted by Gasteiger charge is 2.15. The molecule has 1 rings (SSSR count). The highest BCUT2D eigenvalue weighted by molar-refractivity contribution is 8.13. The number of carbonyl (C=O) groups excluding carboxylic acids is 1. The predicted molar refractivity (Wildman–Crippen MR) is 77.6 cm³/mol. The summed E-state index contributed by atoms with van der Waals surface area (Å²) in [7, 11) is 3.04. The van der Waals surface area contributed by atoms with E-state index in [0.29, 0.717) is 18.7 Å². The first-order valence-electron chi connectivity index (χ1n) is 6.07. The van der Waals surface area contributed by atoms with Crippen LogP contribution in [0.4, 0.5) is 0 Å². The summed E-state index contributed by atoms with van der Waals surface area (Å²) in [5, 5.41) is 2.73. The molecule has 0 aliphatic heterocycles. The van der Waals surface area contributed by atoms with Crippen LogP contribution in [0.25, 0.3) is 0 Å². The molecule has 1 atom stereocenters. The highest BCUT2D eigenvalue weighted by Crippen LogP contribution is 2.18. The first-order valence-corrected chi connectivity index (χ1v) is 8.38. The summed E-state index contributed by atoms with van der Waals surface area (Å²) in [5.74, 6) is -0.164. The van der Waals surface area contributed by atoms with Crippen molar-refractivity contribution in [1.82, 2.24) is 5.32 Å². The molecule has 0 radical (unpaired) electrons. The first-order chi connectivity index (χ1) is 9.24. The van der Waals surface area contributed by atoms with Gasteiger partial charge in [0.15, 0.2) is 0 Å². The average molecular weight is 320 g/mol. The monoisotopic (exact) mass is 319 g/mol. The molecule has 0 saturated heterocycles. The van der Waals surface area contributed by atoms with Gasteiger partial charge < -0.3 is 10.1 Å². The SMILES string of the molecule is COCC(C)CNC(=O)c1cc(C)cc(S(=O)(=O)Cl)c1. The third-order valence-electron chi connectivity index (χ3n) is 2.66. The zero-order valence-corrected chi connectivity index (χ0v) is 13.2. The normalized spacial score (nSPS) is 13.0. The molecule has 7 heteroatoms. The molecule has 1 aromatic carbocycles. The molecule has 0 bridgehead atoms. The summed E-state index contributed by atoms with van der Waals surface area (Å²) in [4.78, 5) is 11.9. The number of amides is 1. The standard InChI is InChI=1S/C13H18ClNO4S/c1-9-4-11(6-12(5-9)20(14,17)18)13(16)15-7-10(2)8-19-3/h4-6,10H,7-8H2,1-3H3,(H,15,16). The van der Waals surface area contributed by atoms with Gasteiger partial charge in [0.25, 0.3) is 15.0 Å². The molecule has 0 heterocycles. The van der Waals surface area contributed by atoms with E-state index in [0.717, 1.165) is 0 Å². The van der Waals surface area contributed by atoms with Crippen molar-refractivity contribution in [2.75, 3.05) is 20.3 Å². The molecule has 1 unspecified atom stereocenters. The first kappa shape index (κ1) is 16.9. The van der Waals surface area contributed by atoms with Gasteiger partial charge in [0.2, 0.25) is 0 Å². The molecule has 0 aliphatic rings. The van der Waals surface area contributed by atoms with Crippen LogP contribution < -0.4 is 5.32 Å². The van der Waals surface area contributed by atoms with Crippen molar-refractivity contribution < 1.29 is 17.9 Å². The van der Waals surface area contributed by atoms with Crippen LogP contribution in [0.2, 0.25) is 0 Å². The van der Waals surface area contributed by atoms with Gasteiger partial charge in [-0.25, -0.2) is 8.42 Å². The minimum Gasteiger partial charge on any atom is -0.384 e. The summed E-state index contributed by atoms with van der Waals surface area (Å²) in [5.41, 5.74) is 0.927. The summed E-state index contributed by atoms with van der Waals surface area (Å²) >= 11 is 0. The number of carbonyl (C=O) groups is 1. The van der Waals surface area contributed by atoms with Crippen molar-refractivity contribution in [1.29, 1.82) is 0 Å². The molecule has 1 aromatic rings. The predicted octanol–water partition coefficient (Wildman–Crippen LogP) is 1.93. The van der Waals surface area contributed by atoms with Crippen LogP contribution in [-0.4, -0.2) is 34.6 Å². The number of methoxy groups -OCH3 is 1. The van der Waals surface area contributed by atoms with Crippen molar-refractivity contribution in [2.24, 2.45) is 5.92 Å². The Balaban J connectivity index is 2.86. The Morgan fingerprint density at radius 2 is 2.05 bits per heavy atom. The van der Waals surface area contributed by atoms with Crippen LogP contribution in [-0.2, 0) is 13.8 Å². The number of aryl methyl sites for hydroxylation is 1. The fourth-order valence-electron chi connectivity index (χ4n) is 1.73. The Morgan fingerprint density at radius 1 is 1.40 bits per heavy atom. The lowest BCUT2D eigenvalue weighted by atomic mass is 10.1. The third-order valence-corrected chi connectivity index (χ3v) is 3.99. The molecule has 112 valence electrons. The fourth-order valence-corrected chi connectivity index (χ4v) is 2.59. The average Bonchev–Trinajstić information content (AvgIpc) is 2.34. The van der Waals surface area contributed by atoms with Crippen molar-refractivity contribution >= 4 is 25.6 Å². The maximum absolute atomic E-state index is 12.0. The lowest BCUT2D eigenvalue weighted by Gasteiger charge is -2.12. The molecule has 0 aliphatic carbocycles. The number of ether oxygens (including phenoxy) is 1. The second kappa shape index (κ2) is 7.06. The summed E-state index contributed by atoms with van der Waals surface area (Å²) < 4.78 is 27.6. The van der Waals surface area contributed by atoms with Crippen molar-refractivity contribution in [2.45, 2.75) is 18.7 Å². The number of rotatable bonds is 6. The van der Waals surface area contributed by atoms with E-state index in [4.69, 9.17) is 15.4 Å². The van der Waals surface area contributed by atoms with Gasteiger partial charge in [0.05, 0.1) is 11.5 Å². The molecule has 0 aromatic heterocycles. The second-order valence-corrected chi connectivity index (χ2v) is 7.31. The Labute approximate surface area is 123 Å². The Morgan fingerprint density at radius 3 is 2.60 bits per heavy atom. The van der Waals surface area contributed by atoms with E-state index in [1.807, 2.05) is 6.92 Å². The van der Waals surface area contributed by atoms with Crippen LogP contribution in [0.15, 0.2) is 23.1 Å². The van der Waals surface area contributed by atoms with Gasteiger partial charge in [-0.1, -0.05) is 6.92 Å². The zero-order chi connectivity index (χ0) is 15.3. The molecule has 5 nitrogen and oxygen atoms in total. The topological polar surface area (TPSA) is 72.5 Å². The molecule has 0 spiro atoms. The quantitative estimate of drug-likeness (QED) is 0.813. The van der Waals surface area contributed by atoms with E-state index < -0.39 is 9.05 Å². The smallest absolute Gasteiger partial charge is 0.261 e. The van der Waals surface area contributed by atoms with Gasteiger partial charge in [-0.2, -0.15) is 0 Å². The van der Waals surface area contributed by atoms with E-state index in [-0.39, 0.29) is 22.3 Å². The van der Waals surface area contributed by atoms with Crippen molar-refractivity contribution in [3.63, 3.8) is 0 Å². The summed E-state index contributed by atoms with van der Waals surface area (Å²) in [6.45, 7) is 4.63. The van der Waals surface area contributed by atoms with Gasteiger partial charge in [-0.15, -0.1) is 0 Å². The second-order valence-electron chi connectivity index (χ2n) is 4.74. The number of benzene rings is 1. The minimum absolute atomic E-state index is 0.0748. The van der Waals surface area contributed by atoms with Gasteiger partial charge in [0, 0.05) is 29.9 Å². The van der Waals surface area contributed by atoms with Crippen LogP contribution in [0.3, 0.4) is 0 Å². The van der Waals surface area contributed by atoms with Gasteiger partial charge in [0.1, 0.15) is 0 Å². The Kier molecular flexibility index (Phi) is 5.98. The van der Waals surface area contributed by atoms with E-state index in [1.165, 1.54) is 12.1 Å². The van der Waals surface area contributed by atoms with Crippen LogP contribution in [0, 0.1) is 12.8 Å². The maximum Gasteiger partial charge on any atom is 0.261 e. The molecular formula is C13H18ClNO4S. The van der Waals surface area contributed by atoms with Crippen molar-refractivity contribution in [3.8, 4) is 0 Å². The van der Waals surface area contributed by atoms with E-state index in [9.17, 15) is 13.2 Å². The van der Waals surface area contributed by atoms with Crippen LogP contribution >= 0.6 is 10.7 Å². The Bertz CT molecular complexity index is 586. The number of hydrogen-bond donors (Lipinski definition) is 1. The fraction of sp³-hybridized carbons (Fsp3) is 0.462. The number of hydrogen-bond acceptors (Lipinski definition) is 4. The van der Waals surface area contributed by atoms with Gasteiger partial charge >= 0.3 is 0 Å². The van der Waals surface area contributed by atoms with Crippen LogP contribution in [0.1, 0.15) is 22.8 Å². The lowest BCUT2D eigenvalue weighted by molar-refractivity contribution is 0.0934. The Hall–Kier alpha value is -1.11. The lowest BCUT2D eigenvalue weighted by Crippen LogP contribution is -2.30. The molecule has 0 fully saturated rings. The third kappa shape index (κ3) is 5.11. The number of nitrogens with one attached hydrogen (secondary N) is 1. The van der Waals surface area contributed by atoms with E-state index >= 15 is 0 Å². The zero-order valence-electron chi connectivity index (χ0n) is 11.6. The molecule has 0 saturated carbocycles. The van der Waals surface area contributed by atoms with Crippen molar-refractivity contribution in [3.05, 3.63) is 29.3 Å². The van der Waals surface area contributed by atoms with E-state index in [2.05, 4.69) is 5.32 Å². The van der Waals surface area contributed by atoms with Gasteiger partial charge in [-0.05, 0) is 36.6 Å². The minimum atomic E-state index is -3.85. The molecular weight excluding hydrogens is 302 g/mol. The summed E-state index contributed by atoms with van der Waals surface area (Å²) in [6.07, 6.45) is 0.